The van der Waals surface area contributed by atoms with Crippen LogP contribution in [0.1, 0.15) is 15.9 Å². The van der Waals surface area contributed by atoms with Crippen LogP contribution >= 0.6 is 12.0 Å². The minimum atomic E-state index is -4.83. The molecule has 0 radical (unpaired) electrons. The van der Waals surface area contributed by atoms with Crippen molar-refractivity contribution in [3.63, 3.8) is 0 Å². The number of alkyl halides is 3. The highest BCUT2D eigenvalue weighted by atomic mass is 32.2. The fourth-order valence-corrected chi connectivity index (χ4v) is 2.60. The molecule has 0 aliphatic carbocycles. The van der Waals surface area contributed by atoms with Crippen LogP contribution in [0.4, 0.5) is 13.2 Å². The standard InChI is InChI=1S/C18H16F3N3O4S/c1-22-24-17(29-28-16(26)13-7-3-2-4-8-13)23-15(25)11-12-6-5-9-14(10-12)27-18(19,20)21/h2-10,22H,11H2,1H3,(H,23,24,25). The Kier molecular flexibility index (Phi) is 7.89. The average molecular weight is 427 g/mol. The van der Waals surface area contributed by atoms with Gasteiger partial charge in [0.05, 0.1) is 12.0 Å². The summed E-state index contributed by atoms with van der Waals surface area (Å²) >= 11 is 0.532. The van der Waals surface area contributed by atoms with E-state index in [1.165, 1.54) is 19.2 Å². The predicted molar refractivity (Wildman–Crippen MR) is 101 cm³/mol. The van der Waals surface area contributed by atoms with Crippen molar-refractivity contribution in [2.45, 2.75) is 12.8 Å². The lowest BCUT2D eigenvalue weighted by Gasteiger charge is -2.10. The predicted octanol–water partition coefficient (Wildman–Crippen LogP) is 3.24. The Bertz CT molecular complexity index is 876. The maximum absolute atomic E-state index is 12.3. The molecule has 7 nitrogen and oxygen atoms in total. The molecule has 0 aromatic heterocycles. The molecule has 0 saturated carbocycles. The van der Waals surface area contributed by atoms with Gasteiger partial charge in [-0.1, -0.05) is 30.3 Å². The van der Waals surface area contributed by atoms with Crippen molar-refractivity contribution >= 4 is 29.1 Å². The van der Waals surface area contributed by atoms with Gasteiger partial charge in [0.1, 0.15) is 17.8 Å². The van der Waals surface area contributed by atoms with E-state index in [2.05, 4.69) is 20.6 Å². The molecule has 0 aliphatic heterocycles. The van der Waals surface area contributed by atoms with Gasteiger partial charge in [-0.2, -0.15) is 5.10 Å². The van der Waals surface area contributed by atoms with Crippen molar-refractivity contribution in [2.24, 2.45) is 5.10 Å². The number of halogens is 3. The average Bonchev–Trinajstić information content (AvgIpc) is 2.65. The highest BCUT2D eigenvalue weighted by molar-refractivity contribution is 8.10. The number of hydrogen-bond donors (Lipinski definition) is 2. The van der Waals surface area contributed by atoms with E-state index in [-0.39, 0.29) is 11.6 Å². The number of rotatable bonds is 5. The van der Waals surface area contributed by atoms with Crippen molar-refractivity contribution in [1.29, 1.82) is 0 Å². The van der Waals surface area contributed by atoms with Crippen molar-refractivity contribution < 1.29 is 31.7 Å². The van der Waals surface area contributed by atoms with Gasteiger partial charge in [0.2, 0.25) is 11.1 Å². The summed E-state index contributed by atoms with van der Waals surface area (Å²) < 4.78 is 45.7. The van der Waals surface area contributed by atoms with Crippen molar-refractivity contribution in [1.82, 2.24) is 10.7 Å². The summed E-state index contributed by atoms with van der Waals surface area (Å²) in [5.74, 6) is -1.64. The molecule has 2 aromatic carbocycles. The Morgan fingerprint density at radius 3 is 2.48 bits per heavy atom. The van der Waals surface area contributed by atoms with Crippen LogP contribution in [0.25, 0.3) is 0 Å². The molecule has 1 amide bonds. The third-order valence-electron chi connectivity index (χ3n) is 3.16. The zero-order valence-corrected chi connectivity index (χ0v) is 15.8. The second kappa shape index (κ2) is 10.4. The van der Waals surface area contributed by atoms with E-state index >= 15 is 0 Å². The lowest BCUT2D eigenvalue weighted by atomic mass is 10.1. The van der Waals surface area contributed by atoms with Crippen LogP contribution in [0.5, 0.6) is 5.75 Å². The van der Waals surface area contributed by atoms with Crippen LogP contribution in [0.2, 0.25) is 0 Å². The Morgan fingerprint density at radius 2 is 1.83 bits per heavy atom. The fraction of sp³-hybridized carbons (Fsp3) is 0.167. The SMILES string of the molecule is CN/N=C(/NC(=O)Cc1cccc(OC(F)(F)F)c1)SOC(=O)c1ccccc1. The Morgan fingerprint density at radius 1 is 1.10 bits per heavy atom. The first-order valence-electron chi connectivity index (χ1n) is 8.09. The topological polar surface area (TPSA) is 89.0 Å². The minimum Gasteiger partial charge on any atom is -0.406 e. The first kappa shape index (κ1) is 22.1. The zero-order valence-electron chi connectivity index (χ0n) is 15.0. The molecule has 2 aromatic rings. The van der Waals surface area contributed by atoms with Gasteiger partial charge in [-0.25, -0.2) is 4.79 Å². The van der Waals surface area contributed by atoms with E-state index in [4.69, 9.17) is 4.18 Å². The second-order valence-corrected chi connectivity index (χ2v) is 6.10. The number of ether oxygens (including phenoxy) is 1. The normalized spacial score (nSPS) is 11.5. The minimum absolute atomic E-state index is 0.0514. The molecule has 0 fully saturated rings. The van der Waals surface area contributed by atoms with E-state index in [1.54, 1.807) is 30.3 Å². The number of hydrazone groups is 1. The third kappa shape index (κ3) is 8.13. The van der Waals surface area contributed by atoms with Crippen molar-refractivity contribution in [3.05, 3.63) is 65.7 Å². The van der Waals surface area contributed by atoms with Crippen molar-refractivity contribution in [3.8, 4) is 5.75 Å². The molecule has 154 valence electrons. The molecule has 0 bridgehead atoms. The summed E-state index contributed by atoms with van der Waals surface area (Å²) in [5.41, 5.74) is 3.06. The summed E-state index contributed by atoms with van der Waals surface area (Å²) in [6.45, 7) is 0. The molecule has 11 heteroatoms. The fourth-order valence-electron chi connectivity index (χ4n) is 2.07. The van der Waals surface area contributed by atoms with E-state index in [9.17, 15) is 22.8 Å². The smallest absolute Gasteiger partial charge is 0.406 e. The molecular formula is C18H16F3N3O4S. The van der Waals surface area contributed by atoms with Crippen LogP contribution in [-0.2, 0) is 15.4 Å². The summed E-state index contributed by atoms with van der Waals surface area (Å²) in [6.07, 6.45) is -5.07. The molecule has 0 atom stereocenters. The summed E-state index contributed by atoms with van der Waals surface area (Å²) in [5, 5.41) is 6.15. The summed E-state index contributed by atoms with van der Waals surface area (Å²) in [4.78, 5) is 24.1. The van der Waals surface area contributed by atoms with E-state index in [1.807, 2.05) is 0 Å². The molecular weight excluding hydrogens is 411 g/mol. The quantitative estimate of drug-likeness (QED) is 0.330. The van der Waals surface area contributed by atoms with Gasteiger partial charge in [0.15, 0.2) is 0 Å². The molecule has 2 N–H and O–H groups in total. The molecule has 0 unspecified atom stereocenters. The number of nitrogens with zero attached hydrogens (tertiary/aromatic N) is 1. The van der Waals surface area contributed by atoms with Crippen LogP contribution < -0.4 is 15.5 Å². The molecule has 2 rings (SSSR count). The maximum atomic E-state index is 12.3. The van der Waals surface area contributed by atoms with Crippen LogP contribution in [0, 0.1) is 0 Å². The van der Waals surface area contributed by atoms with Gasteiger partial charge in [0.25, 0.3) is 0 Å². The van der Waals surface area contributed by atoms with Gasteiger partial charge in [-0.05, 0) is 29.8 Å². The van der Waals surface area contributed by atoms with E-state index in [0.717, 1.165) is 12.1 Å². The van der Waals surface area contributed by atoms with Crippen LogP contribution in [0.3, 0.4) is 0 Å². The highest BCUT2D eigenvalue weighted by Gasteiger charge is 2.31. The largest absolute Gasteiger partial charge is 0.573 e. The monoisotopic (exact) mass is 427 g/mol. The number of benzene rings is 2. The van der Waals surface area contributed by atoms with Gasteiger partial charge < -0.3 is 19.7 Å². The second-order valence-electron chi connectivity index (χ2n) is 5.38. The van der Waals surface area contributed by atoms with E-state index < -0.39 is 24.0 Å². The Hall–Kier alpha value is -3.21. The van der Waals surface area contributed by atoms with Crippen LogP contribution in [0.15, 0.2) is 59.7 Å². The zero-order chi connectivity index (χ0) is 21.3. The van der Waals surface area contributed by atoms with Gasteiger partial charge in [-0.15, -0.1) is 13.2 Å². The molecule has 0 heterocycles. The Balaban J connectivity index is 1.93. The van der Waals surface area contributed by atoms with Gasteiger partial charge >= 0.3 is 12.3 Å². The summed E-state index contributed by atoms with van der Waals surface area (Å²) in [6, 6.07) is 13.2. The number of carbonyl (C=O) groups is 2. The van der Waals surface area contributed by atoms with Gasteiger partial charge in [-0.3, -0.25) is 4.79 Å². The number of amides is 1. The number of amidine groups is 1. The third-order valence-corrected chi connectivity index (χ3v) is 3.75. The molecule has 0 saturated heterocycles. The summed E-state index contributed by atoms with van der Waals surface area (Å²) in [7, 11) is 1.48. The van der Waals surface area contributed by atoms with Crippen LogP contribution in [-0.4, -0.2) is 30.5 Å². The van der Waals surface area contributed by atoms with Crippen molar-refractivity contribution in [2.75, 3.05) is 7.05 Å². The number of carbonyl (C=O) groups excluding carboxylic acids is 2. The first-order valence-corrected chi connectivity index (χ1v) is 8.84. The highest BCUT2D eigenvalue weighted by Crippen LogP contribution is 2.23. The molecule has 29 heavy (non-hydrogen) atoms. The lowest BCUT2D eigenvalue weighted by Crippen LogP contribution is -2.31. The Labute approximate surface area is 168 Å². The van der Waals surface area contributed by atoms with E-state index in [0.29, 0.717) is 23.2 Å². The first-order chi connectivity index (χ1) is 13.8. The lowest BCUT2D eigenvalue weighted by molar-refractivity contribution is -0.274. The maximum Gasteiger partial charge on any atom is 0.573 e. The number of nitrogens with one attached hydrogen (secondary N) is 2. The molecule has 0 aliphatic rings. The number of hydrogen-bond acceptors (Lipinski definition) is 7. The molecule has 0 spiro atoms. The van der Waals surface area contributed by atoms with Gasteiger partial charge in [0, 0.05) is 7.05 Å².